The van der Waals surface area contributed by atoms with E-state index in [0.717, 1.165) is 44.9 Å². The lowest BCUT2D eigenvalue weighted by Crippen LogP contribution is -2.59. The molecule has 1 fully saturated rings. The predicted octanol–water partition coefficient (Wildman–Crippen LogP) is 3.55. The van der Waals surface area contributed by atoms with Gasteiger partial charge in [-0.05, 0) is 38.0 Å². The van der Waals surface area contributed by atoms with E-state index in [1.165, 1.54) is 0 Å². The summed E-state index contributed by atoms with van der Waals surface area (Å²) in [5.41, 5.74) is 5.19. The smallest absolute Gasteiger partial charge is 0.227 e. The van der Waals surface area contributed by atoms with Crippen molar-refractivity contribution in [2.75, 3.05) is 0 Å². The van der Waals surface area contributed by atoms with Gasteiger partial charge in [-0.15, -0.1) is 0 Å². The number of carbonyl (C=O) groups excluding carboxylic acids is 1. The molecule has 1 saturated carbocycles. The number of hydrogen-bond acceptors (Lipinski definition) is 2. The van der Waals surface area contributed by atoms with Crippen molar-refractivity contribution >= 4 is 23.1 Å². The summed E-state index contributed by atoms with van der Waals surface area (Å²) in [7, 11) is 0. The molecular formula is C16H30N2OS. The molecule has 4 heteroatoms. The van der Waals surface area contributed by atoms with E-state index in [4.69, 9.17) is 18.0 Å². The summed E-state index contributed by atoms with van der Waals surface area (Å²) < 4.78 is 0. The average molecular weight is 298 g/mol. The second kappa shape index (κ2) is 6.88. The van der Waals surface area contributed by atoms with Crippen LogP contribution in [0.3, 0.4) is 0 Å². The van der Waals surface area contributed by atoms with E-state index >= 15 is 0 Å². The highest BCUT2D eigenvalue weighted by Crippen LogP contribution is 2.44. The van der Waals surface area contributed by atoms with Crippen LogP contribution in [0.1, 0.15) is 72.6 Å². The first-order chi connectivity index (χ1) is 9.32. The van der Waals surface area contributed by atoms with E-state index in [0.29, 0.717) is 10.9 Å². The third-order valence-corrected chi connectivity index (χ3v) is 5.26. The van der Waals surface area contributed by atoms with E-state index in [2.05, 4.69) is 19.2 Å². The molecule has 116 valence electrons. The molecule has 0 heterocycles. The molecule has 3 nitrogen and oxygen atoms in total. The minimum Gasteiger partial charge on any atom is -0.391 e. The first kappa shape index (κ1) is 17.4. The SMILES string of the molecule is CCC(CC)(NC(=O)C1(CC(C)C)CCCC1)C(N)=S. The second-order valence-electron chi connectivity index (χ2n) is 6.69. The first-order valence-electron chi connectivity index (χ1n) is 7.94. The van der Waals surface area contributed by atoms with Gasteiger partial charge >= 0.3 is 0 Å². The number of nitrogens with two attached hydrogens (primary N) is 1. The van der Waals surface area contributed by atoms with Crippen molar-refractivity contribution in [2.45, 2.75) is 78.2 Å². The summed E-state index contributed by atoms with van der Waals surface area (Å²) in [6.45, 7) is 8.45. The Morgan fingerprint density at radius 3 is 2.15 bits per heavy atom. The Morgan fingerprint density at radius 2 is 1.80 bits per heavy atom. The molecule has 1 amide bonds. The minimum atomic E-state index is -0.515. The van der Waals surface area contributed by atoms with Crippen LogP contribution in [0.2, 0.25) is 0 Å². The van der Waals surface area contributed by atoms with Crippen molar-refractivity contribution in [1.82, 2.24) is 5.32 Å². The van der Waals surface area contributed by atoms with Crippen LogP contribution in [0.25, 0.3) is 0 Å². The average Bonchev–Trinajstić information content (AvgIpc) is 2.84. The lowest BCUT2D eigenvalue weighted by molar-refractivity contribution is -0.133. The molecule has 1 aliphatic carbocycles. The fourth-order valence-corrected chi connectivity index (χ4v) is 3.88. The van der Waals surface area contributed by atoms with Crippen LogP contribution in [-0.4, -0.2) is 16.4 Å². The summed E-state index contributed by atoms with van der Waals surface area (Å²) in [6, 6.07) is 0. The number of carbonyl (C=O) groups is 1. The number of nitrogens with one attached hydrogen (secondary N) is 1. The topological polar surface area (TPSA) is 55.1 Å². The van der Waals surface area contributed by atoms with Crippen molar-refractivity contribution in [3.05, 3.63) is 0 Å². The molecule has 1 aliphatic rings. The molecular weight excluding hydrogens is 268 g/mol. The van der Waals surface area contributed by atoms with Gasteiger partial charge in [0.05, 0.1) is 10.5 Å². The van der Waals surface area contributed by atoms with Crippen LogP contribution >= 0.6 is 12.2 Å². The largest absolute Gasteiger partial charge is 0.391 e. The van der Waals surface area contributed by atoms with Gasteiger partial charge in [-0.2, -0.15) is 0 Å². The van der Waals surface area contributed by atoms with Gasteiger partial charge in [-0.3, -0.25) is 4.79 Å². The number of hydrogen-bond donors (Lipinski definition) is 2. The highest BCUT2D eigenvalue weighted by Gasteiger charge is 2.44. The van der Waals surface area contributed by atoms with Crippen molar-refractivity contribution in [2.24, 2.45) is 17.1 Å². The third kappa shape index (κ3) is 3.51. The molecule has 20 heavy (non-hydrogen) atoms. The second-order valence-corrected chi connectivity index (χ2v) is 7.13. The molecule has 0 bridgehead atoms. The van der Waals surface area contributed by atoms with Gasteiger partial charge in [-0.1, -0.05) is 52.8 Å². The Bertz CT molecular complexity index is 355. The fraction of sp³-hybridized carbons (Fsp3) is 0.875. The third-order valence-electron chi connectivity index (χ3n) is 4.87. The Morgan fingerprint density at radius 1 is 1.30 bits per heavy atom. The molecule has 0 spiro atoms. The standard InChI is InChI=1S/C16H30N2OS/c1-5-16(6-2,13(17)20)18-14(19)15(11-12(3)4)9-7-8-10-15/h12H,5-11H2,1-4H3,(H2,17,20)(H,18,19). The van der Waals surface area contributed by atoms with Gasteiger partial charge in [0.2, 0.25) is 5.91 Å². The first-order valence-corrected chi connectivity index (χ1v) is 8.35. The zero-order valence-corrected chi connectivity index (χ0v) is 14.2. The highest BCUT2D eigenvalue weighted by atomic mass is 32.1. The molecule has 0 saturated heterocycles. The van der Waals surface area contributed by atoms with Gasteiger partial charge < -0.3 is 11.1 Å². The lowest BCUT2D eigenvalue weighted by Gasteiger charge is -2.37. The molecule has 0 atom stereocenters. The Balaban J connectivity index is 2.93. The summed E-state index contributed by atoms with van der Waals surface area (Å²) in [5, 5.41) is 3.21. The van der Waals surface area contributed by atoms with Crippen molar-refractivity contribution in [3.8, 4) is 0 Å². The van der Waals surface area contributed by atoms with Crippen LogP contribution in [0.4, 0.5) is 0 Å². The maximum atomic E-state index is 12.9. The molecule has 0 unspecified atom stereocenters. The molecule has 0 aromatic carbocycles. The Labute approximate surface area is 129 Å². The maximum absolute atomic E-state index is 12.9. The van der Waals surface area contributed by atoms with E-state index in [-0.39, 0.29) is 11.3 Å². The van der Waals surface area contributed by atoms with Gasteiger partial charge in [0, 0.05) is 5.41 Å². The van der Waals surface area contributed by atoms with E-state index in [9.17, 15) is 4.79 Å². The van der Waals surface area contributed by atoms with Crippen molar-refractivity contribution in [1.29, 1.82) is 0 Å². The summed E-state index contributed by atoms with van der Waals surface area (Å²) in [4.78, 5) is 13.3. The normalized spacial score (nSPS) is 18.2. The van der Waals surface area contributed by atoms with Crippen LogP contribution in [0.5, 0.6) is 0 Å². The van der Waals surface area contributed by atoms with Crippen molar-refractivity contribution < 1.29 is 4.79 Å². The van der Waals surface area contributed by atoms with E-state index in [1.807, 2.05) is 13.8 Å². The van der Waals surface area contributed by atoms with Gasteiger partial charge in [-0.25, -0.2) is 0 Å². The number of rotatable bonds is 7. The lowest BCUT2D eigenvalue weighted by atomic mass is 9.76. The quantitative estimate of drug-likeness (QED) is 0.707. The zero-order valence-electron chi connectivity index (χ0n) is 13.4. The minimum absolute atomic E-state index is 0.167. The molecule has 3 N–H and O–H groups in total. The molecule has 0 aromatic heterocycles. The van der Waals surface area contributed by atoms with Crippen LogP contribution < -0.4 is 11.1 Å². The van der Waals surface area contributed by atoms with Gasteiger partial charge in [0.1, 0.15) is 0 Å². The van der Waals surface area contributed by atoms with E-state index in [1.54, 1.807) is 0 Å². The predicted molar refractivity (Wildman–Crippen MR) is 88.6 cm³/mol. The number of thiocarbonyl (C=S) groups is 1. The maximum Gasteiger partial charge on any atom is 0.227 e. The summed E-state index contributed by atoms with van der Waals surface area (Å²) in [6.07, 6.45) is 6.76. The summed E-state index contributed by atoms with van der Waals surface area (Å²) >= 11 is 5.21. The van der Waals surface area contributed by atoms with Gasteiger partial charge in [0.15, 0.2) is 0 Å². The van der Waals surface area contributed by atoms with Crippen LogP contribution in [-0.2, 0) is 4.79 Å². The molecule has 1 rings (SSSR count). The highest BCUT2D eigenvalue weighted by molar-refractivity contribution is 7.80. The Kier molecular flexibility index (Phi) is 5.99. The van der Waals surface area contributed by atoms with E-state index < -0.39 is 5.54 Å². The zero-order chi connectivity index (χ0) is 15.4. The monoisotopic (exact) mass is 298 g/mol. The van der Waals surface area contributed by atoms with Crippen LogP contribution in [0.15, 0.2) is 0 Å². The Hall–Kier alpha value is -0.640. The molecule has 0 aromatic rings. The van der Waals surface area contributed by atoms with Crippen molar-refractivity contribution in [3.63, 3.8) is 0 Å². The summed E-state index contributed by atoms with van der Waals surface area (Å²) in [5.74, 6) is 0.696. The van der Waals surface area contributed by atoms with Crippen LogP contribution in [0, 0.1) is 11.3 Å². The number of amides is 1. The van der Waals surface area contributed by atoms with Gasteiger partial charge in [0.25, 0.3) is 0 Å². The fourth-order valence-electron chi connectivity index (χ4n) is 3.54. The molecule has 0 aliphatic heterocycles. The molecule has 0 radical (unpaired) electrons.